The lowest BCUT2D eigenvalue weighted by Crippen LogP contribution is -2.19. The number of amides is 2. The smallest absolute Gasteiger partial charge is 0.303 e. The number of carbonyl (C=O) groups is 3. The number of hydrogen-bond acceptors (Lipinski definition) is 6. The number of aromatic nitrogens is 1. The van der Waals surface area contributed by atoms with Crippen LogP contribution in [0.4, 0.5) is 10.8 Å². The first-order valence-electron chi connectivity index (χ1n) is 11.3. The first-order valence-corrected chi connectivity index (χ1v) is 13.8. The minimum absolute atomic E-state index is 0.106. The third kappa shape index (κ3) is 7.58. The highest BCUT2D eigenvalue weighted by Crippen LogP contribution is 2.37. The van der Waals surface area contributed by atoms with Crippen LogP contribution in [0.2, 0.25) is 10.0 Å². The van der Waals surface area contributed by atoms with Crippen LogP contribution >= 0.6 is 46.3 Å². The van der Waals surface area contributed by atoms with Gasteiger partial charge in [0.05, 0.1) is 22.2 Å². The zero-order chi connectivity index (χ0) is 27.1. The molecule has 0 bridgehead atoms. The van der Waals surface area contributed by atoms with Gasteiger partial charge in [0.25, 0.3) is 0 Å². The Bertz CT molecular complexity index is 1450. The highest BCUT2D eigenvalue weighted by molar-refractivity contribution is 8.00. The molecule has 1 unspecified atom stereocenters. The number of hydrogen-bond donors (Lipinski definition) is 3. The van der Waals surface area contributed by atoms with Gasteiger partial charge in [-0.15, -0.1) is 23.1 Å². The number of thiazole rings is 1. The molecule has 4 aromatic rings. The Morgan fingerprint density at radius 2 is 1.66 bits per heavy atom. The largest absolute Gasteiger partial charge is 0.481 e. The van der Waals surface area contributed by atoms with Gasteiger partial charge in [0, 0.05) is 27.9 Å². The summed E-state index contributed by atoms with van der Waals surface area (Å²) >= 11 is 14.8. The maximum absolute atomic E-state index is 13.4. The second-order valence-corrected chi connectivity index (χ2v) is 10.9. The van der Waals surface area contributed by atoms with Gasteiger partial charge in [0.2, 0.25) is 11.8 Å². The predicted molar refractivity (Wildman–Crippen MR) is 153 cm³/mol. The number of aliphatic carboxylic acids is 1. The van der Waals surface area contributed by atoms with Crippen LogP contribution in [0, 0.1) is 0 Å². The molecular weight excluding hydrogens is 565 g/mol. The van der Waals surface area contributed by atoms with E-state index in [1.165, 1.54) is 23.1 Å². The number of carbonyl (C=O) groups excluding carboxylic acids is 2. The number of benzene rings is 3. The average molecular weight is 587 g/mol. The van der Waals surface area contributed by atoms with Gasteiger partial charge >= 0.3 is 5.97 Å². The van der Waals surface area contributed by atoms with E-state index < -0.39 is 11.2 Å². The van der Waals surface area contributed by atoms with E-state index in [4.69, 9.17) is 28.3 Å². The van der Waals surface area contributed by atoms with Crippen LogP contribution in [-0.4, -0.2) is 27.9 Å². The number of halogens is 2. The molecule has 0 saturated heterocycles. The maximum atomic E-state index is 13.4. The normalized spacial score (nSPS) is 11.5. The Morgan fingerprint density at radius 1 is 0.921 bits per heavy atom. The van der Waals surface area contributed by atoms with E-state index in [2.05, 4.69) is 15.6 Å². The van der Waals surface area contributed by atoms with E-state index >= 15 is 0 Å². The van der Waals surface area contributed by atoms with Gasteiger partial charge in [-0.3, -0.25) is 14.4 Å². The van der Waals surface area contributed by atoms with Gasteiger partial charge < -0.3 is 15.7 Å². The van der Waals surface area contributed by atoms with E-state index in [1.807, 2.05) is 41.8 Å². The summed E-state index contributed by atoms with van der Waals surface area (Å²) in [4.78, 5) is 41.3. The molecule has 38 heavy (non-hydrogen) atoms. The van der Waals surface area contributed by atoms with Crippen LogP contribution in [0.3, 0.4) is 0 Å². The average Bonchev–Trinajstić information content (AvgIpc) is 3.37. The topological polar surface area (TPSA) is 108 Å². The lowest BCUT2D eigenvalue weighted by atomic mass is 10.1. The monoisotopic (exact) mass is 585 g/mol. The van der Waals surface area contributed by atoms with E-state index in [0.29, 0.717) is 26.6 Å². The minimum Gasteiger partial charge on any atom is -0.481 e. The van der Waals surface area contributed by atoms with Gasteiger partial charge in [0.1, 0.15) is 5.25 Å². The molecule has 1 atom stereocenters. The highest BCUT2D eigenvalue weighted by atomic mass is 35.5. The second kappa shape index (κ2) is 12.9. The zero-order valence-electron chi connectivity index (χ0n) is 19.7. The SMILES string of the molecule is O=C(O)CCC(=O)Nc1ccc(SC(C(=O)Nc2nc(-c3ccc(Cl)c(Cl)c3)cs2)c2ccccc2)cc1. The summed E-state index contributed by atoms with van der Waals surface area (Å²) in [6.45, 7) is 0. The van der Waals surface area contributed by atoms with Gasteiger partial charge in [-0.2, -0.15) is 0 Å². The summed E-state index contributed by atoms with van der Waals surface area (Å²) < 4.78 is 0. The molecule has 4 rings (SSSR count). The van der Waals surface area contributed by atoms with Crippen molar-refractivity contribution in [3.63, 3.8) is 0 Å². The standard InChI is InChI=1S/C27H21Cl2N3O4S2/c28-20-11-6-17(14-21(20)29)22-15-37-27(31-22)32-26(36)25(16-4-2-1-3-5-16)38-19-9-7-18(8-10-19)30-23(33)12-13-24(34)35/h1-11,14-15,25H,12-13H2,(H,30,33)(H,34,35)(H,31,32,36). The number of nitrogens with one attached hydrogen (secondary N) is 2. The van der Waals surface area contributed by atoms with Crippen LogP contribution in [-0.2, 0) is 14.4 Å². The molecule has 3 N–H and O–H groups in total. The Hall–Kier alpha value is -3.37. The number of rotatable bonds is 10. The molecule has 0 radical (unpaired) electrons. The van der Waals surface area contributed by atoms with Crippen molar-refractivity contribution in [3.8, 4) is 11.3 Å². The number of nitrogens with zero attached hydrogens (tertiary/aromatic N) is 1. The molecule has 1 heterocycles. The van der Waals surface area contributed by atoms with Crippen LogP contribution in [0.25, 0.3) is 11.3 Å². The first kappa shape index (κ1) is 27.7. The van der Waals surface area contributed by atoms with Crippen LogP contribution in [0.1, 0.15) is 23.7 Å². The molecule has 0 spiro atoms. The summed E-state index contributed by atoms with van der Waals surface area (Å²) in [6.07, 6.45) is -0.340. The Labute approximate surface area is 237 Å². The Kier molecular flexibility index (Phi) is 9.41. The Morgan fingerprint density at radius 3 is 2.34 bits per heavy atom. The van der Waals surface area contributed by atoms with E-state index in [1.54, 1.807) is 36.4 Å². The molecule has 0 aliphatic heterocycles. The van der Waals surface area contributed by atoms with Crippen molar-refractivity contribution in [2.45, 2.75) is 23.0 Å². The fourth-order valence-corrected chi connectivity index (χ4v) is 5.43. The number of carboxylic acid groups (broad SMARTS) is 1. The molecule has 0 aliphatic carbocycles. The molecule has 11 heteroatoms. The summed E-state index contributed by atoms with van der Waals surface area (Å²) in [7, 11) is 0. The summed E-state index contributed by atoms with van der Waals surface area (Å²) in [5.41, 5.74) is 2.83. The van der Waals surface area contributed by atoms with E-state index in [9.17, 15) is 14.4 Å². The molecule has 194 valence electrons. The quantitative estimate of drug-likeness (QED) is 0.167. The van der Waals surface area contributed by atoms with Gasteiger partial charge in [-0.1, -0.05) is 59.6 Å². The second-order valence-electron chi connectivity index (χ2n) is 8.03. The number of carboxylic acids is 1. The molecule has 2 amide bonds. The third-order valence-corrected chi connectivity index (χ3v) is 8.01. The molecule has 0 aliphatic rings. The van der Waals surface area contributed by atoms with Gasteiger partial charge in [0.15, 0.2) is 5.13 Å². The number of anilines is 2. The van der Waals surface area contributed by atoms with Crippen LogP contribution in [0.5, 0.6) is 0 Å². The van der Waals surface area contributed by atoms with Crippen molar-refractivity contribution in [2.75, 3.05) is 10.6 Å². The van der Waals surface area contributed by atoms with Crippen molar-refractivity contribution < 1.29 is 19.5 Å². The highest BCUT2D eigenvalue weighted by Gasteiger charge is 2.23. The van der Waals surface area contributed by atoms with E-state index in [0.717, 1.165) is 16.0 Å². The first-order chi connectivity index (χ1) is 18.3. The molecule has 3 aromatic carbocycles. The van der Waals surface area contributed by atoms with E-state index in [-0.39, 0.29) is 24.7 Å². The van der Waals surface area contributed by atoms with Crippen molar-refractivity contribution in [3.05, 3.63) is 93.8 Å². The predicted octanol–water partition coefficient (Wildman–Crippen LogP) is 7.39. The summed E-state index contributed by atoms with van der Waals surface area (Å²) in [6, 6.07) is 21.7. The molecule has 1 aromatic heterocycles. The van der Waals surface area contributed by atoms with Crippen molar-refractivity contribution in [2.24, 2.45) is 0 Å². The lowest BCUT2D eigenvalue weighted by molar-refractivity contribution is -0.138. The van der Waals surface area contributed by atoms with Crippen molar-refractivity contribution >= 4 is 74.9 Å². The minimum atomic E-state index is -1.03. The van der Waals surface area contributed by atoms with Crippen LogP contribution < -0.4 is 10.6 Å². The molecule has 0 fully saturated rings. The fourth-order valence-electron chi connectivity index (χ4n) is 3.39. The fraction of sp³-hybridized carbons (Fsp3) is 0.111. The number of thioether (sulfide) groups is 1. The molecule has 0 saturated carbocycles. The molecular formula is C27H21Cl2N3O4S2. The Balaban J connectivity index is 1.46. The van der Waals surface area contributed by atoms with Crippen molar-refractivity contribution in [1.29, 1.82) is 0 Å². The lowest BCUT2D eigenvalue weighted by Gasteiger charge is -2.16. The van der Waals surface area contributed by atoms with Crippen molar-refractivity contribution in [1.82, 2.24) is 4.98 Å². The maximum Gasteiger partial charge on any atom is 0.303 e. The van der Waals surface area contributed by atoms with Gasteiger partial charge in [-0.05, 0) is 42.0 Å². The summed E-state index contributed by atoms with van der Waals surface area (Å²) in [5, 5.41) is 16.9. The van der Waals surface area contributed by atoms with Crippen LogP contribution in [0.15, 0.2) is 83.1 Å². The molecule has 7 nitrogen and oxygen atoms in total. The third-order valence-electron chi connectivity index (χ3n) is 5.25. The van der Waals surface area contributed by atoms with Gasteiger partial charge in [-0.25, -0.2) is 4.98 Å². The summed E-state index contributed by atoms with van der Waals surface area (Å²) in [5.74, 6) is -1.64. The zero-order valence-corrected chi connectivity index (χ0v) is 22.8.